The molecule has 2 aromatic carbocycles. The fourth-order valence-corrected chi connectivity index (χ4v) is 2.79. The molecule has 1 aliphatic rings. The molecule has 0 amide bonds. The Hall–Kier alpha value is -1.82. The molecule has 2 nitrogen and oxygen atoms in total. The molecule has 0 radical (unpaired) electrons. The second-order valence-corrected chi connectivity index (χ2v) is 5.51. The summed E-state index contributed by atoms with van der Waals surface area (Å²) >= 11 is 3.27. The molecule has 0 bridgehead atoms. The Morgan fingerprint density at radius 3 is 2.62 bits per heavy atom. The quantitative estimate of drug-likeness (QED) is 0.599. The van der Waals surface area contributed by atoms with Crippen molar-refractivity contribution >= 4 is 21.7 Å². The van der Waals surface area contributed by atoms with Gasteiger partial charge in [-0.3, -0.25) is 4.79 Å². The Morgan fingerprint density at radius 2 is 1.86 bits per heavy atom. The molecule has 0 N–H and O–H groups in total. The molecule has 3 rings (SSSR count). The Morgan fingerprint density at radius 1 is 1.10 bits per heavy atom. The third kappa shape index (κ3) is 2.33. The van der Waals surface area contributed by atoms with Crippen molar-refractivity contribution in [2.24, 2.45) is 0 Å². The van der Waals surface area contributed by atoms with Crippen molar-refractivity contribution < 1.29 is 22.7 Å². The second kappa shape index (κ2) is 5.18. The van der Waals surface area contributed by atoms with E-state index in [2.05, 4.69) is 15.9 Å². The highest BCUT2D eigenvalue weighted by molar-refractivity contribution is 9.10. The standard InChI is InChI=1S/C15H8BrF3O2/c16-8-5-7-3-4-21-15(7)10(6-8)14(20)9-1-2-11(17)13(19)12(9)18/h1-2,5-6H,3-4H2. The third-order valence-electron chi connectivity index (χ3n) is 3.27. The van der Waals surface area contributed by atoms with Crippen LogP contribution >= 0.6 is 15.9 Å². The molecule has 0 saturated carbocycles. The number of fused-ring (bicyclic) bond motifs is 1. The van der Waals surface area contributed by atoms with Gasteiger partial charge in [0.15, 0.2) is 23.2 Å². The summed E-state index contributed by atoms with van der Waals surface area (Å²) in [6, 6.07) is 4.94. The number of carbonyl (C=O) groups is 1. The fraction of sp³-hybridized carbons (Fsp3) is 0.133. The van der Waals surface area contributed by atoms with Gasteiger partial charge in [-0.1, -0.05) is 15.9 Å². The molecule has 0 saturated heterocycles. The van der Waals surface area contributed by atoms with E-state index < -0.39 is 28.8 Å². The van der Waals surface area contributed by atoms with Crippen molar-refractivity contribution in [1.29, 1.82) is 0 Å². The van der Waals surface area contributed by atoms with Crippen LogP contribution in [-0.2, 0) is 6.42 Å². The maximum Gasteiger partial charge on any atom is 0.199 e. The molecule has 0 fully saturated rings. The number of ketones is 1. The maximum absolute atomic E-state index is 13.8. The first-order chi connectivity index (χ1) is 9.99. The average molecular weight is 357 g/mol. The van der Waals surface area contributed by atoms with Crippen LogP contribution in [0.5, 0.6) is 5.75 Å². The summed E-state index contributed by atoms with van der Waals surface area (Å²) < 4.78 is 46.0. The predicted molar refractivity (Wildman–Crippen MR) is 73.1 cm³/mol. The van der Waals surface area contributed by atoms with Crippen molar-refractivity contribution in [3.8, 4) is 5.75 Å². The molecule has 0 unspecified atom stereocenters. The van der Waals surface area contributed by atoms with Crippen LogP contribution in [0.2, 0.25) is 0 Å². The van der Waals surface area contributed by atoms with E-state index in [1.165, 1.54) is 6.07 Å². The molecule has 0 atom stereocenters. The van der Waals surface area contributed by atoms with Crippen LogP contribution in [0.3, 0.4) is 0 Å². The van der Waals surface area contributed by atoms with Gasteiger partial charge < -0.3 is 4.74 Å². The van der Waals surface area contributed by atoms with E-state index >= 15 is 0 Å². The number of benzene rings is 2. The lowest BCUT2D eigenvalue weighted by molar-refractivity contribution is 0.103. The minimum atomic E-state index is -1.66. The first kappa shape index (κ1) is 14.1. The third-order valence-corrected chi connectivity index (χ3v) is 3.73. The number of hydrogen-bond donors (Lipinski definition) is 0. The van der Waals surface area contributed by atoms with E-state index in [1.54, 1.807) is 6.07 Å². The summed E-state index contributed by atoms with van der Waals surface area (Å²) in [4.78, 5) is 12.4. The monoisotopic (exact) mass is 356 g/mol. The molecular formula is C15H8BrF3O2. The largest absolute Gasteiger partial charge is 0.492 e. The summed E-state index contributed by atoms with van der Waals surface area (Å²) in [7, 11) is 0. The molecule has 0 aliphatic carbocycles. The van der Waals surface area contributed by atoms with E-state index in [4.69, 9.17) is 4.74 Å². The van der Waals surface area contributed by atoms with Gasteiger partial charge in [-0.2, -0.15) is 0 Å². The number of carbonyl (C=O) groups excluding carboxylic acids is 1. The van der Waals surface area contributed by atoms with E-state index in [9.17, 15) is 18.0 Å². The van der Waals surface area contributed by atoms with E-state index in [-0.39, 0.29) is 5.56 Å². The van der Waals surface area contributed by atoms with Crippen molar-refractivity contribution in [1.82, 2.24) is 0 Å². The molecule has 6 heteroatoms. The Balaban J connectivity index is 2.14. The topological polar surface area (TPSA) is 26.3 Å². The van der Waals surface area contributed by atoms with Gasteiger partial charge >= 0.3 is 0 Å². The van der Waals surface area contributed by atoms with Crippen molar-refractivity contribution in [3.63, 3.8) is 0 Å². The highest BCUT2D eigenvalue weighted by atomic mass is 79.9. The minimum absolute atomic E-state index is 0.127. The van der Waals surface area contributed by atoms with Gasteiger partial charge in [0.05, 0.1) is 17.7 Å². The Bertz CT molecular complexity index is 759. The molecular weight excluding hydrogens is 349 g/mol. The Labute approximate surface area is 126 Å². The summed E-state index contributed by atoms with van der Waals surface area (Å²) in [5.41, 5.74) is 0.419. The lowest BCUT2D eigenvalue weighted by Gasteiger charge is -2.09. The van der Waals surface area contributed by atoms with E-state index in [0.717, 1.165) is 17.7 Å². The molecule has 0 aromatic heterocycles. The van der Waals surface area contributed by atoms with E-state index in [1.807, 2.05) is 0 Å². The zero-order valence-electron chi connectivity index (χ0n) is 10.6. The van der Waals surface area contributed by atoms with Gasteiger partial charge in [-0.15, -0.1) is 0 Å². The molecule has 2 aromatic rings. The molecule has 21 heavy (non-hydrogen) atoms. The van der Waals surface area contributed by atoms with E-state index in [0.29, 0.717) is 23.2 Å². The van der Waals surface area contributed by atoms with Crippen LogP contribution in [0.15, 0.2) is 28.7 Å². The summed E-state index contributed by atoms with van der Waals surface area (Å²) in [5, 5.41) is 0. The van der Waals surface area contributed by atoms with Crippen LogP contribution in [0.4, 0.5) is 13.2 Å². The molecule has 1 heterocycles. The van der Waals surface area contributed by atoms with Gasteiger partial charge in [0.2, 0.25) is 0 Å². The van der Waals surface area contributed by atoms with Gasteiger partial charge in [0.25, 0.3) is 0 Å². The minimum Gasteiger partial charge on any atom is -0.492 e. The first-order valence-corrected chi connectivity index (χ1v) is 6.91. The van der Waals surface area contributed by atoms with Crippen molar-refractivity contribution in [3.05, 3.63) is 62.9 Å². The summed E-state index contributed by atoms with van der Waals surface area (Å²) in [6.45, 7) is 0.423. The number of ether oxygens (including phenoxy) is 1. The molecule has 108 valence electrons. The fourth-order valence-electron chi connectivity index (χ4n) is 2.28. The SMILES string of the molecule is O=C(c1ccc(F)c(F)c1F)c1cc(Br)cc2c1OCC2. The average Bonchev–Trinajstić information content (AvgIpc) is 2.91. The smallest absolute Gasteiger partial charge is 0.199 e. The van der Waals surface area contributed by atoms with Crippen LogP contribution in [0.25, 0.3) is 0 Å². The Kier molecular flexibility index (Phi) is 3.49. The number of rotatable bonds is 2. The lowest BCUT2D eigenvalue weighted by Crippen LogP contribution is -2.09. The number of halogens is 4. The van der Waals surface area contributed by atoms with Gasteiger partial charge in [0.1, 0.15) is 5.75 Å². The number of hydrogen-bond acceptors (Lipinski definition) is 2. The normalized spacial score (nSPS) is 13.0. The highest BCUT2D eigenvalue weighted by Gasteiger charge is 2.26. The van der Waals surface area contributed by atoms with Gasteiger partial charge in [0, 0.05) is 10.9 Å². The molecule has 0 spiro atoms. The second-order valence-electron chi connectivity index (χ2n) is 4.59. The maximum atomic E-state index is 13.8. The summed E-state index contributed by atoms with van der Waals surface area (Å²) in [5.74, 6) is -4.86. The van der Waals surface area contributed by atoms with Crippen molar-refractivity contribution in [2.75, 3.05) is 6.61 Å². The van der Waals surface area contributed by atoms with Gasteiger partial charge in [-0.05, 0) is 29.8 Å². The predicted octanol–water partition coefficient (Wildman–Crippen LogP) is 4.03. The van der Waals surface area contributed by atoms with Crippen molar-refractivity contribution in [2.45, 2.75) is 6.42 Å². The lowest BCUT2D eigenvalue weighted by atomic mass is 9.99. The highest BCUT2D eigenvalue weighted by Crippen LogP contribution is 2.34. The first-order valence-electron chi connectivity index (χ1n) is 6.12. The van der Waals surface area contributed by atoms with Gasteiger partial charge in [-0.25, -0.2) is 13.2 Å². The zero-order valence-corrected chi connectivity index (χ0v) is 12.1. The zero-order chi connectivity index (χ0) is 15.1. The molecule has 1 aliphatic heterocycles. The van der Waals surface area contributed by atoms with Crippen LogP contribution in [-0.4, -0.2) is 12.4 Å². The van der Waals surface area contributed by atoms with Crippen LogP contribution in [0, 0.1) is 17.5 Å². The summed E-state index contributed by atoms with van der Waals surface area (Å²) in [6.07, 6.45) is 0.634. The van der Waals surface area contributed by atoms with Crippen LogP contribution in [0.1, 0.15) is 21.5 Å². The van der Waals surface area contributed by atoms with Crippen LogP contribution < -0.4 is 4.74 Å².